The van der Waals surface area contributed by atoms with Crippen molar-refractivity contribution in [1.29, 1.82) is 0 Å². The Morgan fingerprint density at radius 2 is 1.92 bits per heavy atom. The van der Waals surface area contributed by atoms with E-state index in [0.717, 1.165) is 28.3 Å². The average Bonchev–Trinajstić information content (AvgIpc) is 3.19. The summed E-state index contributed by atoms with van der Waals surface area (Å²) in [7, 11) is 0. The summed E-state index contributed by atoms with van der Waals surface area (Å²) >= 11 is 0. The summed E-state index contributed by atoms with van der Waals surface area (Å²) in [5, 5.41) is 9.16. The van der Waals surface area contributed by atoms with Crippen molar-refractivity contribution < 1.29 is 13.2 Å². The topological polar surface area (TPSA) is 48.0 Å². The van der Waals surface area contributed by atoms with Gasteiger partial charge < -0.3 is 0 Å². The Morgan fingerprint density at radius 3 is 2.65 bits per heavy atom. The van der Waals surface area contributed by atoms with Crippen molar-refractivity contribution in [3.63, 3.8) is 0 Å². The van der Waals surface area contributed by atoms with Crippen LogP contribution in [0.2, 0.25) is 0 Å². The number of nitrogens with zero attached hydrogens (tertiary/aromatic N) is 5. The summed E-state index contributed by atoms with van der Waals surface area (Å²) in [6.07, 6.45) is -1.17. The molecule has 1 aromatic carbocycles. The van der Waals surface area contributed by atoms with Gasteiger partial charge in [-0.1, -0.05) is 18.2 Å². The summed E-state index contributed by atoms with van der Waals surface area (Å²) in [5.74, 6) is 0.654. The highest BCUT2D eigenvalue weighted by atomic mass is 19.4. The molecule has 3 heterocycles. The third-order valence-corrected chi connectivity index (χ3v) is 4.73. The monoisotopic (exact) mass is 357 g/mol. The van der Waals surface area contributed by atoms with Crippen LogP contribution >= 0.6 is 0 Å². The molecular formula is C18H14F3N5. The Bertz CT molecular complexity index is 1150. The van der Waals surface area contributed by atoms with Crippen LogP contribution in [0, 0.1) is 6.92 Å². The number of alkyl halides is 3. The Hall–Kier alpha value is -2.90. The molecule has 5 rings (SSSR count). The lowest BCUT2D eigenvalue weighted by atomic mass is 10.1. The number of rotatable bonds is 2. The smallest absolute Gasteiger partial charge is 0.231 e. The average molecular weight is 357 g/mol. The highest BCUT2D eigenvalue weighted by Gasteiger charge is 2.39. The van der Waals surface area contributed by atoms with Gasteiger partial charge in [-0.05, 0) is 37.5 Å². The fourth-order valence-corrected chi connectivity index (χ4v) is 3.34. The molecule has 1 saturated carbocycles. The van der Waals surface area contributed by atoms with E-state index in [-0.39, 0.29) is 17.3 Å². The lowest BCUT2D eigenvalue weighted by molar-refractivity contribution is -0.142. The lowest BCUT2D eigenvalue weighted by Crippen LogP contribution is -2.18. The molecule has 8 heteroatoms. The standard InChI is InChI=1S/C18H14F3N5/c1-10-3-2-4-12-9-22-25(15(10)12)13-7-8-14-23-17(11-5-6-11)24-26(14)16(13)18(19,20)21/h2-4,7-9,11H,5-6H2,1H3. The predicted octanol–water partition coefficient (Wildman–Crippen LogP) is 4.27. The molecule has 5 nitrogen and oxygen atoms in total. The van der Waals surface area contributed by atoms with E-state index in [1.807, 2.05) is 25.1 Å². The van der Waals surface area contributed by atoms with Crippen molar-refractivity contribution in [3.8, 4) is 5.69 Å². The summed E-state index contributed by atoms with van der Waals surface area (Å²) in [4.78, 5) is 4.27. The number of hydrogen-bond donors (Lipinski definition) is 0. The molecular weight excluding hydrogens is 343 g/mol. The van der Waals surface area contributed by atoms with E-state index >= 15 is 0 Å². The van der Waals surface area contributed by atoms with Crippen molar-refractivity contribution in [1.82, 2.24) is 24.4 Å². The second kappa shape index (κ2) is 5.06. The zero-order chi connectivity index (χ0) is 18.1. The van der Waals surface area contributed by atoms with E-state index in [0.29, 0.717) is 11.3 Å². The molecule has 1 aliphatic rings. The van der Waals surface area contributed by atoms with Crippen molar-refractivity contribution in [3.05, 3.63) is 53.6 Å². The molecule has 0 amide bonds. The van der Waals surface area contributed by atoms with Crippen LogP contribution < -0.4 is 0 Å². The Labute approximate surface area is 146 Å². The maximum Gasteiger partial charge on any atom is 0.435 e. The first kappa shape index (κ1) is 15.4. The second-order valence-corrected chi connectivity index (χ2v) is 6.65. The van der Waals surface area contributed by atoms with Gasteiger partial charge in [-0.2, -0.15) is 23.4 Å². The second-order valence-electron chi connectivity index (χ2n) is 6.65. The number of benzene rings is 1. The van der Waals surface area contributed by atoms with Gasteiger partial charge in [-0.15, -0.1) is 0 Å². The molecule has 0 bridgehead atoms. The maximum absolute atomic E-state index is 14.0. The Kier molecular flexibility index (Phi) is 2.99. The van der Waals surface area contributed by atoms with Crippen LogP contribution in [0.5, 0.6) is 0 Å². The van der Waals surface area contributed by atoms with Crippen molar-refractivity contribution in [2.24, 2.45) is 0 Å². The van der Waals surface area contributed by atoms with Gasteiger partial charge in [0.05, 0.1) is 17.4 Å². The quantitative estimate of drug-likeness (QED) is 0.538. The number of fused-ring (bicyclic) bond motifs is 2. The molecule has 0 atom stereocenters. The molecule has 26 heavy (non-hydrogen) atoms. The van der Waals surface area contributed by atoms with E-state index < -0.39 is 11.9 Å². The molecule has 3 aromatic heterocycles. The summed E-state index contributed by atoms with van der Waals surface area (Å²) in [5.41, 5.74) is 0.797. The number of aromatic nitrogens is 5. The zero-order valence-corrected chi connectivity index (χ0v) is 13.8. The summed E-state index contributed by atoms with van der Waals surface area (Å²) in [6.45, 7) is 1.85. The maximum atomic E-state index is 14.0. The normalized spacial score (nSPS) is 15.2. The lowest BCUT2D eigenvalue weighted by Gasteiger charge is -2.15. The zero-order valence-electron chi connectivity index (χ0n) is 13.8. The molecule has 0 radical (unpaired) electrons. The van der Waals surface area contributed by atoms with Gasteiger partial charge in [0.1, 0.15) is 0 Å². The van der Waals surface area contributed by atoms with Crippen molar-refractivity contribution >= 4 is 16.6 Å². The third-order valence-electron chi connectivity index (χ3n) is 4.73. The van der Waals surface area contributed by atoms with Gasteiger partial charge >= 0.3 is 6.18 Å². The van der Waals surface area contributed by atoms with Gasteiger partial charge in [0.15, 0.2) is 17.2 Å². The van der Waals surface area contributed by atoms with E-state index in [1.54, 1.807) is 12.3 Å². The van der Waals surface area contributed by atoms with Crippen molar-refractivity contribution in [2.45, 2.75) is 31.9 Å². The molecule has 132 valence electrons. The van der Waals surface area contributed by atoms with Crippen LogP contribution in [0.1, 0.15) is 35.8 Å². The largest absolute Gasteiger partial charge is 0.435 e. The number of hydrogen-bond acceptors (Lipinski definition) is 3. The highest BCUT2D eigenvalue weighted by Crippen LogP contribution is 2.40. The van der Waals surface area contributed by atoms with E-state index in [1.165, 1.54) is 10.7 Å². The number of para-hydroxylation sites is 1. The Balaban J connectivity index is 1.84. The molecule has 0 unspecified atom stereocenters. The number of aryl methyl sites for hydroxylation is 1. The van der Waals surface area contributed by atoms with Crippen LogP contribution in [0.3, 0.4) is 0 Å². The van der Waals surface area contributed by atoms with Crippen molar-refractivity contribution in [2.75, 3.05) is 0 Å². The van der Waals surface area contributed by atoms with Crippen LogP contribution in [0.4, 0.5) is 13.2 Å². The molecule has 0 spiro atoms. The summed E-state index contributed by atoms with van der Waals surface area (Å²) < 4.78 is 44.2. The van der Waals surface area contributed by atoms with Crippen LogP contribution in [0.25, 0.3) is 22.2 Å². The minimum absolute atomic E-state index is 0.0541. The predicted molar refractivity (Wildman–Crippen MR) is 89.3 cm³/mol. The third kappa shape index (κ3) is 2.21. The molecule has 4 aromatic rings. The van der Waals surface area contributed by atoms with Crippen LogP contribution in [0.15, 0.2) is 36.5 Å². The molecule has 1 aliphatic carbocycles. The molecule has 0 saturated heterocycles. The SMILES string of the molecule is Cc1cccc2cnn(-c3ccc4nc(C5CC5)nn4c3C(F)(F)F)c12. The van der Waals surface area contributed by atoms with Gasteiger partial charge in [-0.25, -0.2) is 14.2 Å². The van der Waals surface area contributed by atoms with Gasteiger partial charge in [0, 0.05) is 11.3 Å². The van der Waals surface area contributed by atoms with Crippen LogP contribution in [-0.4, -0.2) is 24.4 Å². The first-order valence-electron chi connectivity index (χ1n) is 8.34. The van der Waals surface area contributed by atoms with Gasteiger partial charge in [0.2, 0.25) is 0 Å². The first-order chi connectivity index (χ1) is 12.4. The molecule has 0 aliphatic heterocycles. The Morgan fingerprint density at radius 1 is 1.12 bits per heavy atom. The fraction of sp³-hybridized carbons (Fsp3) is 0.278. The van der Waals surface area contributed by atoms with E-state index in [2.05, 4.69) is 15.2 Å². The van der Waals surface area contributed by atoms with Gasteiger partial charge in [0.25, 0.3) is 0 Å². The van der Waals surface area contributed by atoms with Crippen LogP contribution in [-0.2, 0) is 6.18 Å². The molecule has 0 N–H and O–H groups in total. The first-order valence-corrected chi connectivity index (χ1v) is 8.34. The summed E-state index contributed by atoms with van der Waals surface area (Å²) in [6, 6.07) is 8.53. The number of halogens is 3. The highest BCUT2D eigenvalue weighted by molar-refractivity contribution is 5.83. The fourth-order valence-electron chi connectivity index (χ4n) is 3.34. The number of pyridine rings is 1. The van der Waals surface area contributed by atoms with E-state index in [4.69, 9.17) is 0 Å². The minimum Gasteiger partial charge on any atom is -0.231 e. The van der Waals surface area contributed by atoms with Gasteiger partial charge in [-0.3, -0.25) is 0 Å². The van der Waals surface area contributed by atoms with E-state index in [9.17, 15) is 13.2 Å². The molecule has 1 fully saturated rings. The minimum atomic E-state index is -4.59.